The highest BCUT2D eigenvalue weighted by atomic mass is 32.2. The van der Waals surface area contributed by atoms with Gasteiger partial charge in [0.05, 0.1) is 10.9 Å². The molecule has 3 unspecified atom stereocenters. The first-order valence-electron chi connectivity index (χ1n) is 7.52. The Bertz CT molecular complexity index is 525. The van der Waals surface area contributed by atoms with E-state index in [-0.39, 0.29) is 11.2 Å². The number of nitrogens with one attached hydrogen (secondary N) is 1. The van der Waals surface area contributed by atoms with Crippen molar-refractivity contribution in [1.29, 1.82) is 0 Å². The van der Waals surface area contributed by atoms with Gasteiger partial charge in [-0.2, -0.15) is 0 Å². The van der Waals surface area contributed by atoms with Crippen molar-refractivity contribution in [2.75, 3.05) is 17.8 Å². The van der Waals surface area contributed by atoms with Gasteiger partial charge in [0, 0.05) is 15.8 Å². The SMILES string of the molecule is CSc1cc(C)nc(SC)c1NC(=O)C1SC(C)CCC1C. The predicted molar refractivity (Wildman–Crippen MR) is 100 cm³/mol. The third kappa shape index (κ3) is 4.15. The van der Waals surface area contributed by atoms with Crippen LogP contribution in [0.25, 0.3) is 0 Å². The van der Waals surface area contributed by atoms with Crippen molar-refractivity contribution in [2.45, 2.75) is 54.0 Å². The van der Waals surface area contributed by atoms with E-state index in [1.165, 1.54) is 6.42 Å². The van der Waals surface area contributed by atoms with Crippen molar-refractivity contribution in [2.24, 2.45) is 5.92 Å². The first-order chi connectivity index (χ1) is 10.5. The molecule has 6 heteroatoms. The number of pyridine rings is 1. The van der Waals surface area contributed by atoms with Gasteiger partial charge < -0.3 is 5.32 Å². The number of amides is 1. The van der Waals surface area contributed by atoms with Crippen LogP contribution in [0.4, 0.5) is 5.69 Å². The lowest BCUT2D eigenvalue weighted by molar-refractivity contribution is -0.116. The van der Waals surface area contributed by atoms with Crippen molar-refractivity contribution in [1.82, 2.24) is 4.98 Å². The average molecular weight is 357 g/mol. The third-order valence-corrected chi connectivity index (χ3v) is 7.04. The molecule has 1 fully saturated rings. The van der Waals surface area contributed by atoms with Gasteiger partial charge in [-0.1, -0.05) is 13.8 Å². The van der Waals surface area contributed by atoms with Gasteiger partial charge in [0.15, 0.2) is 0 Å². The molecule has 3 atom stereocenters. The quantitative estimate of drug-likeness (QED) is 0.793. The zero-order valence-electron chi connectivity index (χ0n) is 13.8. The summed E-state index contributed by atoms with van der Waals surface area (Å²) < 4.78 is 0. The fraction of sp³-hybridized carbons (Fsp3) is 0.625. The Hall–Kier alpha value is -0.330. The minimum Gasteiger partial charge on any atom is -0.322 e. The van der Waals surface area contributed by atoms with E-state index in [0.717, 1.165) is 27.7 Å². The van der Waals surface area contributed by atoms with E-state index in [1.807, 2.05) is 25.5 Å². The van der Waals surface area contributed by atoms with Gasteiger partial charge in [0.1, 0.15) is 5.03 Å². The summed E-state index contributed by atoms with van der Waals surface area (Å²) in [5, 5.41) is 4.66. The summed E-state index contributed by atoms with van der Waals surface area (Å²) in [4.78, 5) is 18.4. The lowest BCUT2D eigenvalue weighted by Crippen LogP contribution is -2.35. The monoisotopic (exact) mass is 356 g/mol. The van der Waals surface area contributed by atoms with Crippen molar-refractivity contribution >= 4 is 46.9 Å². The maximum Gasteiger partial charge on any atom is 0.237 e. The van der Waals surface area contributed by atoms with Crippen LogP contribution in [0.5, 0.6) is 0 Å². The number of aryl methyl sites for hydroxylation is 1. The summed E-state index contributed by atoms with van der Waals surface area (Å²) in [6.07, 6.45) is 6.37. The van der Waals surface area contributed by atoms with E-state index in [2.05, 4.69) is 24.1 Å². The van der Waals surface area contributed by atoms with Crippen molar-refractivity contribution < 1.29 is 4.79 Å². The van der Waals surface area contributed by atoms with Crippen LogP contribution in [0.15, 0.2) is 16.0 Å². The molecule has 1 amide bonds. The van der Waals surface area contributed by atoms with E-state index in [4.69, 9.17) is 0 Å². The van der Waals surface area contributed by atoms with Gasteiger partial charge in [0.25, 0.3) is 0 Å². The molecule has 2 rings (SSSR count). The number of aromatic nitrogens is 1. The molecule has 1 saturated heterocycles. The van der Waals surface area contributed by atoms with Gasteiger partial charge in [-0.05, 0) is 44.3 Å². The number of carbonyl (C=O) groups is 1. The Labute approximate surface area is 146 Å². The van der Waals surface area contributed by atoms with Gasteiger partial charge in [-0.3, -0.25) is 4.79 Å². The van der Waals surface area contributed by atoms with Crippen LogP contribution in [0.1, 0.15) is 32.4 Å². The molecular weight excluding hydrogens is 332 g/mol. The minimum atomic E-state index is 0.0365. The standard InChI is InChI=1S/C16H24N2OS3/c1-9-6-7-11(3)22-14(9)15(19)18-13-12(20-4)8-10(2)17-16(13)21-5/h8-9,11,14H,6-7H2,1-5H3,(H,18,19). The van der Waals surface area contributed by atoms with Crippen LogP contribution in [0, 0.1) is 12.8 Å². The van der Waals surface area contributed by atoms with Gasteiger partial charge in [-0.15, -0.1) is 35.3 Å². The molecule has 1 aliphatic rings. The van der Waals surface area contributed by atoms with E-state index < -0.39 is 0 Å². The number of rotatable bonds is 4. The number of anilines is 1. The van der Waals surface area contributed by atoms with Gasteiger partial charge in [-0.25, -0.2) is 4.98 Å². The molecule has 1 aromatic heterocycles. The Balaban J connectivity index is 2.24. The molecule has 2 heterocycles. The highest BCUT2D eigenvalue weighted by Gasteiger charge is 2.32. The second kappa shape index (κ2) is 7.97. The molecule has 1 aromatic rings. The average Bonchev–Trinajstić information content (AvgIpc) is 2.50. The molecule has 0 bridgehead atoms. The van der Waals surface area contributed by atoms with E-state index in [9.17, 15) is 4.79 Å². The molecule has 1 N–H and O–H groups in total. The zero-order valence-corrected chi connectivity index (χ0v) is 16.3. The number of hydrogen-bond acceptors (Lipinski definition) is 5. The molecule has 3 nitrogen and oxygen atoms in total. The Kier molecular flexibility index (Phi) is 6.53. The molecule has 122 valence electrons. The third-order valence-electron chi connectivity index (χ3n) is 3.92. The number of carbonyl (C=O) groups excluding carboxylic acids is 1. The van der Waals surface area contributed by atoms with Crippen LogP contribution in [-0.2, 0) is 4.79 Å². The first-order valence-corrected chi connectivity index (χ1v) is 10.9. The van der Waals surface area contributed by atoms with Crippen LogP contribution in [0.2, 0.25) is 0 Å². The van der Waals surface area contributed by atoms with E-state index in [1.54, 1.807) is 35.3 Å². The Morgan fingerprint density at radius 2 is 2.05 bits per heavy atom. The molecule has 0 spiro atoms. The smallest absolute Gasteiger partial charge is 0.237 e. The normalized spacial score (nSPS) is 25.0. The van der Waals surface area contributed by atoms with Crippen LogP contribution >= 0.6 is 35.3 Å². The lowest BCUT2D eigenvalue weighted by atomic mass is 9.99. The second-order valence-electron chi connectivity index (χ2n) is 5.76. The van der Waals surface area contributed by atoms with Crippen molar-refractivity contribution in [3.63, 3.8) is 0 Å². The van der Waals surface area contributed by atoms with Gasteiger partial charge in [0.2, 0.25) is 5.91 Å². The topological polar surface area (TPSA) is 42.0 Å². The number of nitrogens with zero attached hydrogens (tertiary/aromatic N) is 1. The maximum absolute atomic E-state index is 12.8. The summed E-state index contributed by atoms with van der Waals surface area (Å²) in [5.41, 5.74) is 1.86. The van der Waals surface area contributed by atoms with Crippen molar-refractivity contribution in [3.8, 4) is 0 Å². The Morgan fingerprint density at radius 3 is 2.68 bits per heavy atom. The summed E-state index contributed by atoms with van der Waals surface area (Å²) in [6.45, 7) is 6.39. The fourth-order valence-electron chi connectivity index (χ4n) is 2.66. The summed E-state index contributed by atoms with van der Waals surface area (Å²) in [5.74, 6) is 0.551. The van der Waals surface area contributed by atoms with E-state index in [0.29, 0.717) is 11.2 Å². The molecule has 1 aliphatic heterocycles. The zero-order chi connectivity index (χ0) is 16.3. The van der Waals surface area contributed by atoms with Crippen LogP contribution in [0.3, 0.4) is 0 Å². The first kappa shape index (κ1) is 18.0. The van der Waals surface area contributed by atoms with Crippen molar-refractivity contribution in [3.05, 3.63) is 11.8 Å². The predicted octanol–water partition coefficient (Wildman–Crippen LogP) is 4.69. The number of thioether (sulfide) groups is 3. The maximum atomic E-state index is 12.8. The minimum absolute atomic E-state index is 0.0365. The highest BCUT2D eigenvalue weighted by molar-refractivity contribution is 8.01. The van der Waals surface area contributed by atoms with E-state index >= 15 is 0 Å². The molecule has 0 radical (unpaired) electrons. The summed E-state index contributed by atoms with van der Waals surface area (Å²) in [6, 6.07) is 2.04. The largest absolute Gasteiger partial charge is 0.322 e. The Morgan fingerprint density at radius 1 is 1.32 bits per heavy atom. The molecule has 0 aliphatic carbocycles. The lowest BCUT2D eigenvalue weighted by Gasteiger charge is -2.31. The fourth-order valence-corrected chi connectivity index (χ4v) is 5.32. The van der Waals surface area contributed by atoms with Crippen LogP contribution < -0.4 is 5.32 Å². The molecule has 22 heavy (non-hydrogen) atoms. The second-order valence-corrected chi connectivity index (χ2v) is 8.99. The molecular formula is C16H24N2OS3. The summed E-state index contributed by atoms with van der Waals surface area (Å²) >= 11 is 5.04. The summed E-state index contributed by atoms with van der Waals surface area (Å²) in [7, 11) is 0. The van der Waals surface area contributed by atoms with Crippen LogP contribution in [-0.4, -0.2) is 33.9 Å². The molecule has 0 saturated carbocycles. The molecule has 0 aromatic carbocycles. The van der Waals surface area contributed by atoms with Gasteiger partial charge >= 0.3 is 0 Å². The highest BCUT2D eigenvalue weighted by Crippen LogP contribution is 2.38. The number of hydrogen-bond donors (Lipinski definition) is 1.